The molecule has 0 aliphatic carbocycles. The molecule has 1 N–H and O–H groups in total. The number of aromatic nitrogens is 4. The van der Waals surface area contributed by atoms with Gasteiger partial charge in [0.15, 0.2) is 0 Å². The molecule has 6 nitrogen and oxygen atoms in total. The zero-order valence-electron chi connectivity index (χ0n) is 10.3. The van der Waals surface area contributed by atoms with Gasteiger partial charge in [-0.1, -0.05) is 11.3 Å². The number of imidazole rings is 1. The summed E-state index contributed by atoms with van der Waals surface area (Å²) in [6.45, 7) is 3.77. The van der Waals surface area contributed by atoms with Crippen molar-refractivity contribution in [3.8, 4) is 0 Å². The normalized spacial score (nSPS) is 12.7. The third-order valence-electron chi connectivity index (χ3n) is 2.65. The summed E-state index contributed by atoms with van der Waals surface area (Å²) in [6, 6.07) is -0.177. The summed E-state index contributed by atoms with van der Waals surface area (Å²) in [6.07, 6.45) is 1.82. The lowest BCUT2D eigenvalue weighted by molar-refractivity contribution is 0.0934. The van der Waals surface area contributed by atoms with Crippen molar-refractivity contribution in [2.45, 2.75) is 19.9 Å². The third kappa shape index (κ3) is 2.36. The maximum absolute atomic E-state index is 12.0. The van der Waals surface area contributed by atoms with E-state index in [0.717, 1.165) is 15.7 Å². The van der Waals surface area contributed by atoms with Crippen molar-refractivity contribution in [3.05, 3.63) is 33.5 Å². The van der Waals surface area contributed by atoms with E-state index in [1.807, 2.05) is 20.0 Å². The summed E-state index contributed by atoms with van der Waals surface area (Å²) in [5, 5.41) is 9.63. The number of carbonyl (C=O) groups excluding carboxylic acids is 1. The summed E-state index contributed by atoms with van der Waals surface area (Å²) < 4.78 is 1.70. The van der Waals surface area contributed by atoms with E-state index in [0.29, 0.717) is 5.69 Å². The Morgan fingerprint density at radius 3 is 2.95 bits per heavy atom. The van der Waals surface area contributed by atoms with Crippen LogP contribution in [0.15, 0.2) is 17.1 Å². The van der Waals surface area contributed by atoms with Crippen LogP contribution in [0.2, 0.25) is 0 Å². The van der Waals surface area contributed by atoms with E-state index in [2.05, 4.69) is 20.4 Å². The molecule has 3 aromatic rings. The van der Waals surface area contributed by atoms with Gasteiger partial charge in [0.2, 0.25) is 4.96 Å². The van der Waals surface area contributed by atoms with Crippen LogP contribution in [0.5, 0.6) is 0 Å². The fraction of sp³-hybridized carbons (Fsp3) is 0.273. The number of rotatable bonds is 3. The number of fused-ring (bicyclic) bond motifs is 1. The quantitative estimate of drug-likeness (QED) is 0.802. The van der Waals surface area contributed by atoms with E-state index < -0.39 is 0 Å². The van der Waals surface area contributed by atoms with Gasteiger partial charge < -0.3 is 5.32 Å². The molecule has 0 aliphatic rings. The van der Waals surface area contributed by atoms with E-state index in [9.17, 15) is 4.79 Å². The van der Waals surface area contributed by atoms with Gasteiger partial charge in [-0.2, -0.15) is 5.10 Å². The van der Waals surface area contributed by atoms with Gasteiger partial charge in [0.05, 0.1) is 22.9 Å². The smallest absolute Gasteiger partial charge is 0.271 e. The number of nitrogens with one attached hydrogen (secondary N) is 1. The lowest BCUT2D eigenvalue weighted by Crippen LogP contribution is -2.27. The average Bonchev–Trinajstić information content (AvgIpc) is 3.02. The minimum atomic E-state index is -0.179. The lowest BCUT2D eigenvalue weighted by atomic mass is 10.2. The minimum absolute atomic E-state index is 0.177. The monoisotopic (exact) mass is 293 g/mol. The van der Waals surface area contributed by atoms with Crippen molar-refractivity contribution in [2.75, 3.05) is 0 Å². The number of nitrogens with zero attached hydrogens (tertiary/aromatic N) is 4. The fourth-order valence-corrected chi connectivity index (χ4v) is 2.88. The molecule has 0 saturated carbocycles. The van der Waals surface area contributed by atoms with Crippen molar-refractivity contribution in [3.63, 3.8) is 0 Å². The second kappa shape index (κ2) is 4.71. The number of hydrogen-bond acceptors (Lipinski definition) is 6. The summed E-state index contributed by atoms with van der Waals surface area (Å²) in [5.74, 6) is -0.179. The summed E-state index contributed by atoms with van der Waals surface area (Å²) in [7, 11) is 0. The van der Waals surface area contributed by atoms with Crippen molar-refractivity contribution < 1.29 is 4.79 Å². The Labute approximate surface area is 117 Å². The molecule has 19 heavy (non-hydrogen) atoms. The first-order valence-electron chi connectivity index (χ1n) is 5.65. The number of thiazole rings is 1. The molecular formula is C11H11N5OS2. The topological polar surface area (TPSA) is 72.2 Å². The molecule has 0 radical (unpaired) electrons. The Morgan fingerprint density at radius 2 is 2.26 bits per heavy atom. The molecule has 0 aromatic carbocycles. The van der Waals surface area contributed by atoms with E-state index >= 15 is 0 Å². The van der Waals surface area contributed by atoms with Gasteiger partial charge in [0.25, 0.3) is 5.91 Å². The molecule has 3 rings (SSSR count). The molecule has 3 heterocycles. The van der Waals surface area contributed by atoms with Gasteiger partial charge in [0.1, 0.15) is 11.2 Å². The third-order valence-corrected chi connectivity index (χ3v) is 4.11. The second-order valence-electron chi connectivity index (χ2n) is 4.08. The summed E-state index contributed by atoms with van der Waals surface area (Å²) in [4.78, 5) is 21.4. The van der Waals surface area contributed by atoms with Crippen molar-refractivity contribution >= 4 is 33.5 Å². The van der Waals surface area contributed by atoms with Crippen LogP contribution in [0, 0.1) is 6.92 Å². The number of hydrogen-bond donors (Lipinski definition) is 1. The first kappa shape index (κ1) is 12.2. The first-order chi connectivity index (χ1) is 9.13. The van der Waals surface area contributed by atoms with E-state index in [1.165, 1.54) is 22.7 Å². The highest BCUT2D eigenvalue weighted by Crippen LogP contribution is 2.16. The van der Waals surface area contributed by atoms with Crippen LogP contribution in [0.1, 0.15) is 34.2 Å². The van der Waals surface area contributed by atoms with Gasteiger partial charge in [-0.05, 0) is 13.8 Å². The number of aryl methyl sites for hydroxylation is 1. The molecule has 1 atom stereocenters. The van der Waals surface area contributed by atoms with Crippen LogP contribution in [0.25, 0.3) is 4.96 Å². The number of amides is 1. The van der Waals surface area contributed by atoms with Crippen molar-refractivity contribution in [1.82, 2.24) is 24.9 Å². The number of carbonyl (C=O) groups is 1. The molecular weight excluding hydrogens is 282 g/mol. The molecule has 1 amide bonds. The molecule has 98 valence electrons. The summed E-state index contributed by atoms with van der Waals surface area (Å²) in [5.41, 5.74) is 2.97. The molecule has 0 unspecified atom stereocenters. The van der Waals surface area contributed by atoms with E-state index in [1.54, 1.807) is 15.4 Å². The van der Waals surface area contributed by atoms with Crippen LogP contribution >= 0.6 is 22.7 Å². The predicted molar refractivity (Wildman–Crippen MR) is 73.6 cm³/mol. The van der Waals surface area contributed by atoms with Gasteiger partial charge in [-0.25, -0.2) is 14.5 Å². The zero-order chi connectivity index (χ0) is 13.4. The lowest BCUT2D eigenvalue weighted by Gasteiger charge is -2.09. The van der Waals surface area contributed by atoms with Crippen molar-refractivity contribution in [2.24, 2.45) is 0 Å². The molecule has 3 aromatic heterocycles. The van der Waals surface area contributed by atoms with Gasteiger partial charge >= 0.3 is 0 Å². The molecule has 0 fully saturated rings. The van der Waals surface area contributed by atoms with Crippen LogP contribution in [-0.2, 0) is 0 Å². The Bertz CT molecular complexity index is 700. The molecule has 0 aliphatic heterocycles. The van der Waals surface area contributed by atoms with Crippen LogP contribution in [0.4, 0.5) is 0 Å². The highest BCUT2D eigenvalue weighted by atomic mass is 32.1. The Morgan fingerprint density at radius 1 is 1.42 bits per heavy atom. The SMILES string of the molecule is Cc1nc(C(=O)N[C@H](C)c2cn3ncsc3n2)cs1. The second-order valence-corrected chi connectivity index (χ2v) is 5.95. The Hall–Kier alpha value is -1.80. The average molecular weight is 293 g/mol. The van der Waals surface area contributed by atoms with Crippen LogP contribution < -0.4 is 5.32 Å². The maximum atomic E-state index is 12.0. The molecule has 8 heteroatoms. The van der Waals surface area contributed by atoms with Gasteiger partial charge in [0, 0.05) is 5.38 Å². The molecule has 0 bridgehead atoms. The van der Waals surface area contributed by atoms with Gasteiger partial charge in [-0.3, -0.25) is 4.79 Å². The van der Waals surface area contributed by atoms with E-state index in [-0.39, 0.29) is 11.9 Å². The zero-order valence-corrected chi connectivity index (χ0v) is 12.0. The maximum Gasteiger partial charge on any atom is 0.271 e. The van der Waals surface area contributed by atoms with Gasteiger partial charge in [-0.15, -0.1) is 11.3 Å². The highest BCUT2D eigenvalue weighted by Gasteiger charge is 2.16. The Kier molecular flexibility index (Phi) is 3.03. The molecule has 0 spiro atoms. The minimum Gasteiger partial charge on any atom is -0.343 e. The first-order valence-corrected chi connectivity index (χ1v) is 7.41. The molecule has 0 saturated heterocycles. The van der Waals surface area contributed by atoms with Crippen LogP contribution in [-0.4, -0.2) is 25.5 Å². The standard InChI is InChI=1S/C11H11N5OS2/c1-6(8-3-16-11(15-8)19-5-12-16)13-10(17)9-4-18-7(2)14-9/h3-6H,1-2H3,(H,13,17)/t6-/m1/s1. The fourth-order valence-electron chi connectivity index (χ4n) is 1.68. The predicted octanol–water partition coefficient (Wildman–Crippen LogP) is 2.05. The van der Waals surface area contributed by atoms with E-state index in [4.69, 9.17) is 0 Å². The largest absolute Gasteiger partial charge is 0.343 e. The summed E-state index contributed by atoms with van der Waals surface area (Å²) >= 11 is 2.92. The van der Waals surface area contributed by atoms with Crippen LogP contribution in [0.3, 0.4) is 0 Å². The van der Waals surface area contributed by atoms with Crippen molar-refractivity contribution in [1.29, 1.82) is 0 Å². The Balaban J connectivity index is 1.75. The highest BCUT2D eigenvalue weighted by molar-refractivity contribution is 7.14.